The van der Waals surface area contributed by atoms with Crippen molar-refractivity contribution in [2.45, 2.75) is 51.9 Å². The number of rotatable bonds is 5. The average molecular weight is 420 g/mol. The fourth-order valence-corrected chi connectivity index (χ4v) is 4.74. The molecule has 1 fully saturated rings. The Morgan fingerprint density at radius 1 is 1.34 bits per heavy atom. The first-order valence-electron chi connectivity index (χ1n) is 9.66. The number of carbonyl (C=O) groups is 1. The van der Waals surface area contributed by atoms with Crippen molar-refractivity contribution in [2.24, 2.45) is 0 Å². The van der Waals surface area contributed by atoms with Gasteiger partial charge in [0.1, 0.15) is 12.4 Å². The number of benzene rings is 1. The van der Waals surface area contributed by atoms with Crippen LogP contribution in [0.4, 0.5) is 0 Å². The Labute approximate surface area is 170 Å². The molecule has 0 bridgehead atoms. The van der Waals surface area contributed by atoms with Gasteiger partial charge in [0.25, 0.3) is 5.91 Å². The first kappa shape index (κ1) is 19.9. The Balaban J connectivity index is 1.60. The zero-order chi connectivity index (χ0) is 20.8. The van der Waals surface area contributed by atoms with E-state index in [0.29, 0.717) is 31.1 Å². The number of amides is 1. The van der Waals surface area contributed by atoms with Gasteiger partial charge in [-0.25, -0.2) is 13.4 Å². The quantitative estimate of drug-likeness (QED) is 0.739. The third kappa shape index (κ3) is 4.16. The van der Waals surface area contributed by atoms with E-state index in [9.17, 15) is 13.2 Å². The van der Waals surface area contributed by atoms with E-state index in [1.54, 1.807) is 16.1 Å². The monoisotopic (exact) mass is 419 g/mol. The van der Waals surface area contributed by atoms with E-state index in [-0.39, 0.29) is 23.8 Å². The lowest BCUT2D eigenvalue weighted by Gasteiger charge is -2.25. The summed E-state index contributed by atoms with van der Waals surface area (Å²) in [6, 6.07) is 5.62. The van der Waals surface area contributed by atoms with Crippen molar-refractivity contribution >= 4 is 15.9 Å². The summed E-state index contributed by atoms with van der Waals surface area (Å²) < 4.78 is 37.0. The molecule has 4 rings (SSSR count). The van der Waals surface area contributed by atoms with Crippen molar-refractivity contribution in [2.75, 3.05) is 12.9 Å². The zero-order valence-corrected chi connectivity index (χ0v) is 17.6. The molecule has 2 heterocycles. The third-order valence-electron chi connectivity index (χ3n) is 5.40. The largest absolute Gasteiger partial charge is 0.491 e. The molecule has 1 aromatic heterocycles. The highest BCUT2D eigenvalue weighted by Crippen LogP contribution is 2.32. The highest BCUT2D eigenvalue weighted by Gasteiger charge is 2.35. The Bertz CT molecular complexity index is 1030. The van der Waals surface area contributed by atoms with Crippen molar-refractivity contribution in [1.82, 2.24) is 14.2 Å². The second-order valence-corrected chi connectivity index (χ2v) is 9.78. The van der Waals surface area contributed by atoms with E-state index in [1.165, 1.54) is 12.6 Å². The Hall–Kier alpha value is -2.39. The summed E-state index contributed by atoms with van der Waals surface area (Å²) in [7, 11) is -3.28. The molecular weight excluding hydrogens is 394 g/mol. The normalized spacial score (nSPS) is 19.6. The van der Waals surface area contributed by atoms with Gasteiger partial charge < -0.3 is 14.1 Å². The summed E-state index contributed by atoms with van der Waals surface area (Å²) in [6.45, 7) is 4.70. The Kier molecular flexibility index (Phi) is 5.12. The van der Waals surface area contributed by atoms with Gasteiger partial charge in [0.2, 0.25) is 15.8 Å². The molecule has 1 aliphatic heterocycles. The Morgan fingerprint density at radius 3 is 2.72 bits per heavy atom. The minimum atomic E-state index is -3.28. The molecule has 0 unspecified atom stereocenters. The molecule has 29 heavy (non-hydrogen) atoms. The van der Waals surface area contributed by atoms with Crippen molar-refractivity contribution in [3.8, 4) is 5.75 Å². The molecule has 0 saturated heterocycles. The van der Waals surface area contributed by atoms with Gasteiger partial charge in [-0.15, -0.1) is 0 Å². The maximum absolute atomic E-state index is 13.0. The molecule has 1 aliphatic carbocycles. The number of ether oxygens (including phenoxy) is 1. The zero-order valence-electron chi connectivity index (χ0n) is 16.8. The minimum Gasteiger partial charge on any atom is -0.491 e. The summed E-state index contributed by atoms with van der Waals surface area (Å²) in [5, 5.41) is 0. The topological polar surface area (TPSA) is 93.0 Å². The van der Waals surface area contributed by atoms with Crippen LogP contribution in [-0.2, 0) is 23.1 Å². The molecule has 1 amide bonds. The van der Waals surface area contributed by atoms with Crippen LogP contribution in [0.2, 0.25) is 0 Å². The maximum atomic E-state index is 13.0. The van der Waals surface area contributed by atoms with Crippen LogP contribution in [0.3, 0.4) is 0 Å². The number of aromatic nitrogens is 1. The number of hydrogen-bond acceptors (Lipinski definition) is 6. The van der Waals surface area contributed by atoms with E-state index in [4.69, 9.17) is 9.15 Å². The van der Waals surface area contributed by atoms with Gasteiger partial charge >= 0.3 is 0 Å². The molecule has 9 heteroatoms. The minimum absolute atomic E-state index is 0.0904. The summed E-state index contributed by atoms with van der Waals surface area (Å²) >= 11 is 0. The van der Waals surface area contributed by atoms with Crippen LogP contribution in [0.15, 0.2) is 29.0 Å². The van der Waals surface area contributed by atoms with Gasteiger partial charge in [-0.05, 0) is 44.4 Å². The molecule has 0 spiro atoms. The van der Waals surface area contributed by atoms with Crippen molar-refractivity contribution in [1.29, 1.82) is 0 Å². The maximum Gasteiger partial charge on any atom is 0.292 e. The van der Waals surface area contributed by atoms with E-state index in [1.807, 2.05) is 25.1 Å². The number of hydrogen-bond donors (Lipinski definition) is 0. The number of carbonyl (C=O) groups excluding carboxylic acids is 1. The average Bonchev–Trinajstić information content (AvgIpc) is 3.43. The lowest BCUT2D eigenvalue weighted by molar-refractivity contribution is 0.0612. The highest BCUT2D eigenvalue weighted by atomic mass is 32.2. The molecule has 2 aliphatic rings. The smallest absolute Gasteiger partial charge is 0.292 e. The van der Waals surface area contributed by atoms with Gasteiger partial charge in [-0.2, -0.15) is 4.31 Å². The molecule has 2 aromatic rings. The molecule has 1 atom stereocenters. The lowest BCUT2D eigenvalue weighted by atomic mass is 10.1. The molecule has 0 radical (unpaired) electrons. The fraction of sp³-hybridized carbons (Fsp3) is 0.500. The van der Waals surface area contributed by atoms with Gasteiger partial charge in [-0.3, -0.25) is 4.79 Å². The van der Waals surface area contributed by atoms with Crippen molar-refractivity contribution < 1.29 is 22.4 Å². The molecule has 0 N–H and O–H groups in total. The van der Waals surface area contributed by atoms with Crippen LogP contribution in [0.5, 0.6) is 5.75 Å². The fourth-order valence-electron chi connectivity index (χ4n) is 3.60. The van der Waals surface area contributed by atoms with Crippen LogP contribution < -0.4 is 4.74 Å². The number of sulfonamides is 1. The molecule has 156 valence electrons. The summed E-state index contributed by atoms with van der Waals surface area (Å²) in [5.41, 5.74) is 2.28. The number of nitrogens with zero attached hydrogens (tertiary/aromatic N) is 3. The number of oxazole rings is 1. The second-order valence-electron chi connectivity index (χ2n) is 7.84. The molecular formula is C20H25N3O5S. The third-order valence-corrected chi connectivity index (χ3v) is 6.68. The van der Waals surface area contributed by atoms with Gasteiger partial charge in [-0.1, -0.05) is 6.07 Å². The van der Waals surface area contributed by atoms with Gasteiger partial charge in [0.15, 0.2) is 6.39 Å². The van der Waals surface area contributed by atoms with Crippen molar-refractivity contribution in [3.05, 3.63) is 47.2 Å². The highest BCUT2D eigenvalue weighted by molar-refractivity contribution is 7.88. The van der Waals surface area contributed by atoms with E-state index in [0.717, 1.165) is 24.0 Å². The predicted octanol–water partition coefficient (Wildman–Crippen LogP) is 2.33. The van der Waals surface area contributed by atoms with Crippen LogP contribution in [0, 0.1) is 6.92 Å². The van der Waals surface area contributed by atoms with Gasteiger partial charge in [0.05, 0.1) is 24.5 Å². The molecule has 1 saturated carbocycles. The van der Waals surface area contributed by atoms with Crippen molar-refractivity contribution in [3.63, 3.8) is 0 Å². The first-order valence-corrected chi connectivity index (χ1v) is 11.5. The van der Waals surface area contributed by atoms with E-state index >= 15 is 0 Å². The van der Waals surface area contributed by atoms with Gasteiger partial charge in [0, 0.05) is 18.2 Å². The number of fused-ring (bicyclic) bond motifs is 1. The first-order chi connectivity index (χ1) is 13.7. The lowest BCUT2D eigenvalue weighted by Crippen LogP contribution is -2.40. The van der Waals surface area contributed by atoms with E-state index in [2.05, 4.69) is 4.98 Å². The summed E-state index contributed by atoms with van der Waals surface area (Å²) in [5.74, 6) is 0.709. The van der Waals surface area contributed by atoms with Crippen LogP contribution in [-0.4, -0.2) is 53.5 Å². The summed E-state index contributed by atoms with van der Waals surface area (Å²) in [6.07, 6.45) is 4.32. The number of aryl methyl sites for hydroxylation is 1. The molecule has 1 aromatic carbocycles. The Morgan fingerprint density at radius 2 is 2.10 bits per heavy atom. The second kappa shape index (κ2) is 7.46. The van der Waals surface area contributed by atoms with Crippen LogP contribution >= 0.6 is 0 Å². The molecule has 8 nitrogen and oxygen atoms in total. The predicted molar refractivity (Wildman–Crippen MR) is 106 cm³/mol. The van der Waals surface area contributed by atoms with Crippen LogP contribution in [0.25, 0.3) is 0 Å². The summed E-state index contributed by atoms with van der Waals surface area (Å²) in [4.78, 5) is 18.7. The van der Waals surface area contributed by atoms with E-state index < -0.39 is 10.0 Å². The standard InChI is InChI=1S/C20H25N3O5S/c1-13-11-27-18-7-4-15(9-23(17-5-6-17)29(3,25)26)8-16(18)10-22(13)20(24)19-14(2)21-12-28-19/h4,7-8,12-13,17H,5-6,9-11H2,1-3H3/t13-/m0/s1. The van der Waals surface area contributed by atoms with Crippen LogP contribution in [0.1, 0.15) is 47.1 Å². The SMILES string of the molecule is Cc1ncoc1C(=O)N1Cc2cc(CN(C3CC3)S(C)(=O)=O)ccc2OC[C@@H]1C.